The third kappa shape index (κ3) is 4.72. The Labute approximate surface area is 151 Å². The molecule has 3 rings (SSSR count). The van der Waals surface area contributed by atoms with E-state index in [1.54, 1.807) is 4.68 Å². The molecule has 0 saturated heterocycles. The minimum atomic E-state index is 0.0320. The van der Waals surface area contributed by atoms with Crippen LogP contribution in [0.4, 0.5) is 0 Å². The van der Waals surface area contributed by atoms with Crippen molar-refractivity contribution >= 4 is 17.7 Å². The average Bonchev–Trinajstić information content (AvgIpc) is 3.10. The van der Waals surface area contributed by atoms with E-state index in [1.165, 1.54) is 31.0 Å². The highest BCUT2D eigenvalue weighted by atomic mass is 32.2. The third-order valence-corrected chi connectivity index (χ3v) is 5.06. The van der Waals surface area contributed by atoms with Gasteiger partial charge in [-0.2, -0.15) is 4.68 Å². The van der Waals surface area contributed by atoms with E-state index in [1.807, 2.05) is 31.2 Å². The zero-order valence-electron chi connectivity index (χ0n) is 14.4. The number of aromatic nitrogens is 4. The molecule has 0 unspecified atom stereocenters. The molecule has 2 aromatic rings. The maximum Gasteiger partial charge on any atom is 0.230 e. The zero-order chi connectivity index (χ0) is 17.5. The van der Waals surface area contributed by atoms with Crippen LogP contribution in [0.3, 0.4) is 0 Å². The summed E-state index contributed by atoms with van der Waals surface area (Å²) in [4.78, 5) is 12.2. The minimum absolute atomic E-state index is 0.0320. The van der Waals surface area contributed by atoms with E-state index in [9.17, 15) is 4.79 Å². The molecule has 0 bridgehead atoms. The number of ether oxygens (including phenoxy) is 1. The van der Waals surface area contributed by atoms with Crippen molar-refractivity contribution in [2.24, 2.45) is 0 Å². The lowest BCUT2D eigenvalue weighted by Crippen LogP contribution is -2.37. The van der Waals surface area contributed by atoms with E-state index in [-0.39, 0.29) is 5.91 Å². The van der Waals surface area contributed by atoms with Gasteiger partial charge in [-0.25, -0.2) is 0 Å². The lowest BCUT2D eigenvalue weighted by Gasteiger charge is -2.22. The van der Waals surface area contributed by atoms with Crippen LogP contribution in [-0.4, -0.2) is 44.5 Å². The van der Waals surface area contributed by atoms with Gasteiger partial charge in [-0.1, -0.05) is 43.2 Å². The monoisotopic (exact) mass is 361 g/mol. The number of nitrogens with zero attached hydrogens (tertiary/aromatic N) is 4. The van der Waals surface area contributed by atoms with E-state index in [4.69, 9.17) is 4.74 Å². The first-order chi connectivity index (χ1) is 12.3. The minimum Gasteiger partial charge on any atom is -0.492 e. The Balaban J connectivity index is 1.63. The van der Waals surface area contributed by atoms with Crippen molar-refractivity contribution in [2.75, 3.05) is 12.4 Å². The van der Waals surface area contributed by atoms with Crippen molar-refractivity contribution in [3.05, 3.63) is 24.3 Å². The summed E-state index contributed by atoms with van der Waals surface area (Å²) >= 11 is 1.33. The molecule has 1 aliphatic carbocycles. The van der Waals surface area contributed by atoms with Crippen LogP contribution in [0.1, 0.15) is 39.0 Å². The van der Waals surface area contributed by atoms with E-state index < -0.39 is 0 Å². The number of nitrogens with one attached hydrogen (secondary N) is 1. The van der Waals surface area contributed by atoms with Crippen molar-refractivity contribution in [1.82, 2.24) is 25.5 Å². The molecule has 1 saturated carbocycles. The number of rotatable bonds is 7. The molecule has 1 N–H and O–H groups in total. The van der Waals surface area contributed by atoms with E-state index in [0.717, 1.165) is 18.5 Å². The van der Waals surface area contributed by atoms with Gasteiger partial charge in [-0.05, 0) is 42.3 Å². The molecule has 8 heteroatoms. The number of tetrazole rings is 1. The van der Waals surface area contributed by atoms with Crippen LogP contribution in [0.15, 0.2) is 29.4 Å². The summed E-state index contributed by atoms with van der Waals surface area (Å²) in [5.41, 5.74) is 0.768. The summed E-state index contributed by atoms with van der Waals surface area (Å²) in [5, 5.41) is 15.5. The third-order valence-electron chi connectivity index (χ3n) is 4.14. The van der Waals surface area contributed by atoms with Gasteiger partial charge >= 0.3 is 0 Å². The maximum absolute atomic E-state index is 12.2. The Bertz CT molecular complexity index is 700. The van der Waals surface area contributed by atoms with Crippen LogP contribution in [0.5, 0.6) is 5.75 Å². The second kappa shape index (κ2) is 8.84. The van der Waals surface area contributed by atoms with E-state index in [0.29, 0.717) is 29.3 Å². The Hall–Kier alpha value is -2.09. The van der Waals surface area contributed by atoms with Crippen molar-refractivity contribution in [2.45, 2.75) is 50.2 Å². The standard InChI is InChI=1S/C17H23N5O2S/c1-2-24-15-11-7-6-10-14(15)22-17(19-20-21-22)25-12-16(23)18-13-8-4-3-5-9-13/h6-7,10-11,13H,2-5,8-9,12H2,1H3,(H,18,23). The molecular formula is C17H23N5O2S. The number of para-hydroxylation sites is 2. The number of carbonyl (C=O) groups excluding carboxylic acids is 1. The highest BCUT2D eigenvalue weighted by molar-refractivity contribution is 7.99. The molecule has 1 fully saturated rings. The van der Waals surface area contributed by atoms with Gasteiger partial charge in [0.1, 0.15) is 11.4 Å². The molecule has 1 heterocycles. The van der Waals surface area contributed by atoms with Crippen LogP contribution in [0, 0.1) is 0 Å². The number of benzene rings is 1. The molecule has 0 spiro atoms. The number of hydrogen-bond acceptors (Lipinski definition) is 6. The number of amides is 1. The number of thioether (sulfide) groups is 1. The van der Waals surface area contributed by atoms with Crippen LogP contribution >= 0.6 is 11.8 Å². The molecule has 0 aliphatic heterocycles. The Morgan fingerprint density at radius 1 is 1.32 bits per heavy atom. The van der Waals surface area contributed by atoms with Gasteiger partial charge in [0.15, 0.2) is 0 Å². The van der Waals surface area contributed by atoms with Crippen molar-refractivity contribution < 1.29 is 9.53 Å². The molecule has 1 amide bonds. The van der Waals surface area contributed by atoms with Gasteiger partial charge in [0.25, 0.3) is 0 Å². The summed E-state index contributed by atoms with van der Waals surface area (Å²) in [6.07, 6.45) is 5.83. The Morgan fingerprint density at radius 3 is 2.92 bits per heavy atom. The lowest BCUT2D eigenvalue weighted by molar-refractivity contribution is -0.119. The normalized spacial score (nSPS) is 15.1. The molecular weight excluding hydrogens is 338 g/mol. The van der Waals surface area contributed by atoms with Gasteiger partial charge < -0.3 is 10.1 Å². The summed E-state index contributed by atoms with van der Waals surface area (Å²) in [7, 11) is 0. The molecule has 1 aromatic carbocycles. The fourth-order valence-corrected chi connectivity index (χ4v) is 3.67. The van der Waals surface area contributed by atoms with Crippen LogP contribution in [0.25, 0.3) is 5.69 Å². The first-order valence-corrected chi connectivity index (χ1v) is 9.69. The summed E-state index contributed by atoms with van der Waals surface area (Å²) in [6, 6.07) is 7.90. The second-order valence-electron chi connectivity index (χ2n) is 5.97. The fourth-order valence-electron chi connectivity index (χ4n) is 2.98. The fraction of sp³-hybridized carbons (Fsp3) is 0.529. The molecule has 0 atom stereocenters. The highest BCUT2D eigenvalue weighted by Crippen LogP contribution is 2.26. The predicted molar refractivity (Wildman–Crippen MR) is 96.1 cm³/mol. The topological polar surface area (TPSA) is 81.9 Å². The van der Waals surface area contributed by atoms with E-state index >= 15 is 0 Å². The lowest BCUT2D eigenvalue weighted by atomic mass is 9.95. The summed E-state index contributed by atoms with van der Waals surface area (Å²) in [6.45, 7) is 2.49. The van der Waals surface area contributed by atoms with E-state index in [2.05, 4.69) is 20.8 Å². The van der Waals surface area contributed by atoms with Gasteiger partial charge in [0.2, 0.25) is 11.1 Å². The van der Waals surface area contributed by atoms with Crippen LogP contribution in [-0.2, 0) is 4.79 Å². The molecule has 7 nitrogen and oxygen atoms in total. The highest BCUT2D eigenvalue weighted by Gasteiger charge is 2.18. The Morgan fingerprint density at radius 2 is 2.12 bits per heavy atom. The molecule has 0 radical (unpaired) electrons. The van der Waals surface area contributed by atoms with Gasteiger partial charge in [0.05, 0.1) is 12.4 Å². The van der Waals surface area contributed by atoms with Crippen LogP contribution < -0.4 is 10.1 Å². The predicted octanol–water partition coefficient (Wildman–Crippen LogP) is 2.60. The second-order valence-corrected chi connectivity index (χ2v) is 6.91. The number of hydrogen-bond donors (Lipinski definition) is 1. The Kier molecular flexibility index (Phi) is 6.27. The average molecular weight is 361 g/mol. The first kappa shape index (κ1) is 17.7. The molecule has 1 aliphatic rings. The smallest absolute Gasteiger partial charge is 0.230 e. The van der Waals surface area contributed by atoms with Crippen molar-refractivity contribution in [3.63, 3.8) is 0 Å². The van der Waals surface area contributed by atoms with Crippen molar-refractivity contribution in [1.29, 1.82) is 0 Å². The molecule has 25 heavy (non-hydrogen) atoms. The summed E-state index contributed by atoms with van der Waals surface area (Å²) in [5.74, 6) is 1.04. The zero-order valence-corrected chi connectivity index (χ0v) is 15.2. The SMILES string of the molecule is CCOc1ccccc1-n1nnnc1SCC(=O)NC1CCCCC1. The van der Waals surface area contributed by atoms with Gasteiger partial charge in [0, 0.05) is 6.04 Å². The largest absolute Gasteiger partial charge is 0.492 e. The van der Waals surface area contributed by atoms with Crippen LogP contribution in [0.2, 0.25) is 0 Å². The number of carbonyl (C=O) groups is 1. The first-order valence-electron chi connectivity index (χ1n) is 8.70. The van der Waals surface area contributed by atoms with Gasteiger partial charge in [-0.15, -0.1) is 5.10 Å². The maximum atomic E-state index is 12.2. The quantitative estimate of drug-likeness (QED) is 0.764. The molecule has 1 aromatic heterocycles. The van der Waals surface area contributed by atoms with Crippen molar-refractivity contribution in [3.8, 4) is 11.4 Å². The summed E-state index contributed by atoms with van der Waals surface area (Å²) < 4.78 is 7.25. The molecule has 134 valence electrons. The van der Waals surface area contributed by atoms with Gasteiger partial charge in [-0.3, -0.25) is 4.79 Å².